The molecule has 0 saturated carbocycles. The van der Waals surface area contributed by atoms with Gasteiger partial charge in [-0.1, -0.05) is 79.2 Å². The van der Waals surface area contributed by atoms with Crippen LogP contribution in [0.15, 0.2) is 66.7 Å². The van der Waals surface area contributed by atoms with E-state index in [4.69, 9.17) is 4.74 Å². The Kier molecular flexibility index (Phi) is 16.8. The first-order chi connectivity index (χ1) is 26.2. The summed E-state index contributed by atoms with van der Waals surface area (Å²) in [7, 11) is 1.76. The number of likely N-dealkylation sites (N-methyl/N-ethyl adjacent to an activating group) is 1. The van der Waals surface area contributed by atoms with Crippen molar-refractivity contribution in [1.29, 1.82) is 0 Å². The Labute approximate surface area is 332 Å². The zero-order chi connectivity index (χ0) is 41.6. The number of anilines is 1. The maximum absolute atomic E-state index is 14.8. The minimum Gasteiger partial charge on any atom is -0.493 e. The number of hydrogen-bond acceptors (Lipinski definition) is 6. The lowest BCUT2D eigenvalue weighted by Crippen LogP contribution is -2.45. The molecule has 304 valence electrons. The molecule has 0 aliphatic heterocycles. The summed E-state index contributed by atoms with van der Waals surface area (Å²) in [5.41, 5.74) is 1.69. The van der Waals surface area contributed by atoms with Gasteiger partial charge in [0.1, 0.15) is 23.4 Å². The highest BCUT2D eigenvalue weighted by Gasteiger charge is 2.28. The molecule has 10 nitrogen and oxygen atoms in total. The van der Waals surface area contributed by atoms with Crippen LogP contribution in [-0.4, -0.2) is 60.6 Å². The number of nitrogens with one attached hydrogen (secondary N) is 3. The molecule has 3 aromatic carbocycles. The van der Waals surface area contributed by atoms with E-state index in [0.29, 0.717) is 60.9 Å². The molecule has 0 aliphatic carbocycles. The van der Waals surface area contributed by atoms with Crippen molar-refractivity contribution >= 4 is 35.1 Å². The van der Waals surface area contributed by atoms with Gasteiger partial charge in [-0.05, 0) is 90.5 Å². The molecule has 1 unspecified atom stereocenters. The van der Waals surface area contributed by atoms with E-state index >= 15 is 0 Å². The molecule has 3 aromatic rings. The van der Waals surface area contributed by atoms with Crippen LogP contribution in [0.3, 0.4) is 0 Å². The van der Waals surface area contributed by atoms with Crippen molar-refractivity contribution in [3.63, 3.8) is 0 Å². The predicted octanol–water partition coefficient (Wildman–Crippen LogP) is 8.14. The number of Topliss-reactive ketones (excluding diaryl/α,β-unsaturated/α-hetero) is 1. The minimum absolute atomic E-state index is 0.0158. The van der Waals surface area contributed by atoms with Gasteiger partial charge in [-0.2, -0.15) is 0 Å². The highest BCUT2D eigenvalue weighted by Crippen LogP contribution is 2.26. The van der Waals surface area contributed by atoms with E-state index in [1.54, 1.807) is 54.4 Å². The van der Waals surface area contributed by atoms with Gasteiger partial charge in [0, 0.05) is 50.3 Å². The Balaban J connectivity index is 1.58. The van der Waals surface area contributed by atoms with Gasteiger partial charge in [0.25, 0.3) is 11.8 Å². The molecular formula is C45H61FN4O6. The summed E-state index contributed by atoms with van der Waals surface area (Å²) in [5.74, 6) is -1.18. The van der Waals surface area contributed by atoms with Crippen molar-refractivity contribution in [1.82, 2.24) is 15.5 Å². The fraction of sp³-hybridized carbons (Fsp3) is 0.489. The first-order valence-electron chi connectivity index (χ1n) is 19.5. The third kappa shape index (κ3) is 15.6. The van der Waals surface area contributed by atoms with E-state index in [2.05, 4.69) is 29.8 Å². The molecule has 3 rings (SSSR count). The maximum atomic E-state index is 14.8. The Morgan fingerprint density at radius 1 is 0.875 bits per heavy atom. The number of amides is 4. The van der Waals surface area contributed by atoms with Crippen molar-refractivity contribution in [3.8, 4) is 5.75 Å². The van der Waals surface area contributed by atoms with Gasteiger partial charge in [-0.3, -0.25) is 19.2 Å². The van der Waals surface area contributed by atoms with Crippen LogP contribution in [0.2, 0.25) is 0 Å². The van der Waals surface area contributed by atoms with Crippen LogP contribution < -0.4 is 20.7 Å². The molecule has 2 atom stereocenters. The summed E-state index contributed by atoms with van der Waals surface area (Å²) >= 11 is 0. The summed E-state index contributed by atoms with van der Waals surface area (Å²) in [4.78, 5) is 65.9. The first-order valence-corrected chi connectivity index (χ1v) is 19.5. The third-order valence-electron chi connectivity index (χ3n) is 9.58. The zero-order valence-corrected chi connectivity index (χ0v) is 34.6. The summed E-state index contributed by atoms with van der Waals surface area (Å²) < 4.78 is 20.5. The number of benzene rings is 3. The van der Waals surface area contributed by atoms with Gasteiger partial charge >= 0.3 is 0 Å². The Bertz CT molecular complexity index is 1820. The number of ether oxygens (including phenoxy) is 1. The lowest BCUT2D eigenvalue weighted by Gasteiger charge is -2.26. The quantitative estimate of drug-likeness (QED) is 0.106. The molecule has 0 aromatic heterocycles. The average molecular weight is 773 g/mol. The summed E-state index contributed by atoms with van der Waals surface area (Å²) in [6, 6.07) is 17.4. The second-order valence-electron chi connectivity index (χ2n) is 16.9. The lowest BCUT2D eigenvalue weighted by molar-refractivity contribution is -0.132. The second kappa shape index (κ2) is 20.7. The Hall–Kier alpha value is -5.06. The van der Waals surface area contributed by atoms with E-state index in [9.17, 15) is 28.4 Å². The van der Waals surface area contributed by atoms with Crippen molar-refractivity contribution in [3.05, 3.63) is 94.8 Å². The van der Waals surface area contributed by atoms with Crippen molar-refractivity contribution < 1.29 is 33.1 Å². The molecule has 0 radical (unpaired) electrons. The molecular weight excluding hydrogens is 712 g/mol. The van der Waals surface area contributed by atoms with Gasteiger partial charge < -0.3 is 30.4 Å². The molecule has 0 aliphatic rings. The summed E-state index contributed by atoms with van der Waals surface area (Å²) in [5, 5.41) is 8.53. The smallest absolute Gasteiger partial charge is 0.254 e. The Morgan fingerprint density at radius 3 is 2.20 bits per heavy atom. The molecule has 0 fully saturated rings. The number of hydrogen-bond donors (Lipinski definition) is 3. The predicted molar refractivity (Wildman–Crippen MR) is 219 cm³/mol. The Morgan fingerprint density at radius 2 is 1.57 bits per heavy atom. The highest BCUT2D eigenvalue weighted by molar-refractivity contribution is 6.01. The van der Waals surface area contributed by atoms with Crippen LogP contribution >= 0.6 is 0 Å². The summed E-state index contributed by atoms with van der Waals surface area (Å²) in [6.07, 6.45) is 3.52. The van der Waals surface area contributed by atoms with E-state index < -0.39 is 29.1 Å². The van der Waals surface area contributed by atoms with Crippen LogP contribution in [0.25, 0.3) is 0 Å². The minimum atomic E-state index is -0.845. The molecule has 3 N–H and O–H groups in total. The normalized spacial score (nSPS) is 12.6. The summed E-state index contributed by atoms with van der Waals surface area (Å²) in [6.45, 7) is 16.6. The molecule has 0 spiro atoms. The molecule has 11 heteroatoms. The van der Waals surface area contributed by atoms with Crippen molar-refractivity contribution in [2.75, 3.05) is 25.5 Å². The van der Waals surface area contributed by atoms with Crippen molar-refractivity contribution in [2.24, 2.45) is 16.7 Å². The van der Waals surface area contributed by atoms with E-state index in [0.717, 1.165) is 18.4 Å². The van der Waals surface area contributed by atoms with Gasteiger partial charge in [0.2, 0.25) is 11.8 Å². The number of carbonyl (C=O) groups is 5. The van der Waals surface area contributed by atoms with Gasteiger partial charge in [0.15, 0.2) is 0 Å². The first kappa shape index (κ1) is 45.3. The highest BCUT2D eigenvalue weighted by atomic mass is 19.1. The molecule has 0 heterocycles. The molecule has 0 bridgehead atoms. The van der Waals surface area contributed by atoms with Gasteiger partial charge in [-0.15, -0.1) is 0 Å². The molecule has 4 amide bonds. The van der Waals surface area contributed by atoms with Crippen molar-refractivity contribution in [2.45, 2.75) is 107 Å². The van der Waals surface area contributed by atoms with Crippen LogP contribution in [0.1, 0.15) is 119 Å². The van der Waals surface area contributed by atoms with E-state index in [1.807, 2.05) is 46.8 Å². The molecule has 0 saturated heterocycles. The standard InChI is InChI=1S/C45H61FN4O6/c1-10-30(2)21-23-56-36-18-19-37(38(46)25-36)42(54)47-29-33-12-11-13-34(24-33)41(53)49-39(27-44(4,5)6)43(55)48-35-16-14-32(15-17-35)20-22-50(9)40(52)28-45(7,8)26-31(3)51/h11-19,24-25,30,39H,10,20-23,26-29H2,1-9H3,(H,47,54)(H,48,55)(H,49,53)/t30?,39-/m0/s1. The lowest BCUT2D eigenvalue weighted by atomic mass is 9.84. The van der Waals surface area contributed by atoms with Gasteiger partial charge in [0.05, 0.1) is 12.2 Å². The van der Waals surface area contributed by atoms with Gasteiger partial charge in [-0.25, -0.2) is 4.39 Å². The largest absolute Gasteiger partial charge is 0.493 e. The number of ketones is 1. The topological polar surface area (TPSA) is 134 Å². The van der Waals surface area contributed by atoms with Crippen LogP contribution in [0, 0.1) is 22.6 Å². The fourth-order valence-electron chi connectivity index (χ4n) is 6.20. The molecule has 56 heavy (non-hydrogen) atoms. The zero-order valence-electron chi connectivity index (χ0n) is 34.6. The number of nitrogens with zero attached hydrogens (tertiary/aromatic N) is 1. The number of rotatable bonds is 20. The van der Waals surface area contributed by atoms with Crippen LogP contribution in [0.4, 0.5) is 10.1 Å². The number of halogens is 1. The SMILES string of the molecule is CCC(C)CCOc1ccc(C(=O)NCc2cccc(C(=O)N[C@@H](CC(C)(C)C)C(=O)Nc3ccc(CCN(C)C(=O)CC(C)(C)CC(C)=O)cc3)c2)c(F)c1. The van der Waals surface area contributed by atoms with Crippen LogP contribution in [-0.2, 0) is 27.3 Å². The maximum Gasteiger partial charge on any atom is 0.254 e. The second-order valence-corrected chi connectivity index (χ2v) is 16.9. The fourth-order valence-corrected chi connectivity index (χ4v) is 6.20. The third-order valence-corrected chi connectivity index (χ3v) is 9.58. The number of carbonyl (C=O) groups excluding carboxylic acids is 5. The van der Waals surface area contributed by atoms with Crippen LogP contribution in [0.5, 0.6) is 5.75 Å². The average Bonchev–Trinajstić information content (AvgIpc) is 3.11. The van der Waals surface area contributed by atoms with E-state index in [1.165, 1.54) is 19.1 Å². The monoisotopic (exact) mass is 772 g/mol. The van der Waals surface area contributed by atoms with E-state index in [-0.39, 0.29) is 41.5 Å².